The summed E-state index contributed by atoms with van der Waals surface area (Å²) in [6.45, 7) is 8.54. The molecule has 5 nitrogen and oxygen atoms in total. The Hall–Kier alpha value is -2.79. The van der Waals surface area contributed by atoms with Gasteiger partial charge in [-0.05, 0) is 55.9 Å². The fourth-order valence-corrected chi connectivity index (χ4v) is 3.52. The number of nitrogens with zero attached hydrogens (tertiary/aromatic N) is 1. The molecule has 3 rings (SSSR count). The van der Waals surface area contributed by atoms with Crippen LogP contribution in [0, 0.1) is 6.92 Å². The first-order valence-corrected chi connectivity index (χ1v) is 9.72. The molecule has 0 spiro atoms. The smallest absolute Gasteiger partial charge is 0.287 e. The summed E-state index contributed by atoms with van der Waals surface area (Å²) in [5.41, 5.74) is 2.98. The number of fused-ring (bicyclic) bond motifs is 1. The number of amides is 1. The Morgan fingerprint density at radius 1 is 1.14 bits per heavy atom. The molecule has 3 aromatic rings. The van der Waals surface area contributed by atoms with E-state index in [9.17, 15) is 4.79 Å². The van der Waals surface area contributed by atoms with Crippen molar-refractivity contribution in [1.82, 2.24) is 10.2 Å². The van der Waals surface area contributed by atoms with Gasteiger partial charge in [0.2, 0.25) is 0 Å². The molecule has 5 heteroatoms. The summed E-state index contributed by atoms with van der Waals surface area (Å²) in [7, 11) is 1.66. The minimum Gasteiger partial charge on any atom is -0.497 e. The first-order valence-electron chi connectivity index (χ1n) is 9.72. The summed E-state index contributed by atoms with van der Waals surface area (Å²) in [6.07, 6.45) is 0. The van der Waals surface area contributed by atoms with Crippen molar-refractivity contribution in [1.29, 1.82) is 0 Å². The van der Waals surface area contributed by atoms with Crippen LogP contribution in [-0.4, -0.2) is 37.6 Å². The Morgan fingerprint density at radius 2 is 1.93 bits per heavy atom. The molecular formula is C23H28N2O3. The lowest BCUT2D eigenvalue weighted by atomic mass is 10.0. The maximum atomic E-state index is 12.7. The number of carbonyl (C=O) groups excluding carboxylic acids is 1. The van der Waals surface area contributed by atoms with Crippen LogP contribution in [0.5, 0.6) is 5.75 Å². The molecule has 0 saturated heterocycles. The van der Waals surface area contributed by atoms with Gasteiger partial charge in [-0.3, -0.25) is 9.69 Å². The molecule has 0 aliphatic carbocycles. The van der Waals surface area contributed by atoms with Crippen LogP contribution in [0.4, 0.5) is 0 Å². The van der Waals surface area contributed by atoms with Gasteiger partial charge in [0.15, 0.2) is 5.76 Å². The predicted octanol–water partition coefficient (Wildman–Crippen LogP) is 4.56. The number of hydrogen-bond donors (Lipinski definition) is 1. The number of methoxy groups -OCH3 is 1. The molecule has 0 radical (unpaired) electrons. The lowest BCUT2D eigenvalue weighted by molar-refractivity contribution is 0.0909. The maximum Gasteiger partial charge on any atom is 0.287 e. The first-order chi connectivity index (χ1) is 13.5. The van der Waals surface area contributed by atoms with Crippen LogP contribution in [0.15, 0.2) is 52.9 Å². The van der Waals surface area contributed by atoms with Gasteiger partial charge >= 0.3 is 0 Å². The number of aryl methyl sites for hydroxylation is 1. The average Bonchev–Trinajstić information content (AvgIpc) is 3.14. The second-order valence-corrected chi connectivity index (χ2v) is 6.88. The van der Waals surface area contributed by atoms with E-state index in [0.717, 1.165) is 40.9 Å². The number of nitrogens with one attached hydrogen (secondary N) is 1. The van der Waals surface area contributed by atoms with Crippen molar-refractivity contribution in [2.75, 3.05) is 26.7 Å². The van der Waals surface area contributed by atoms with E-state index in [1.54, 1.807) is 13.2 Å². The number of carbonyl (C=O) groups is 1. The molecule has 1 aromatic heterocycles. The van der Waals surface area contributed by atoms with Crippen LogP contribution >= 0.6 is 0 Å². The quantitative estimate of drug-likeness (QED) is 0.622. The van der Waals surface area contributed by atoms with Crippen LogP contribution in [0.25, 0.3) is 11.0 Å². The number of likely N-dealkylation sites (N-methyl/N-ethyl adjacent to an activating group) is 1. The highest BCUT2D eigenvalue weighted by Gasteiger charge is 2.21. The van der Waals surface area contributed by atoms with Gasteiger partial charge in [-0.2, -0.15) is 0 Å². The topological polar surface area (TPSA) is 54.7 Å². The van der Waals surface area contributed by atoms with E-state index in [4.69, 9.17) is 9.15 Å². The Labute approximate surface area is 166 Å². The van der Waals surface area contributed by atoms with Crippen molar-refractivity contribution < 1.29 is 13.9 Å². The van der Waals surface area contributed by atoms with Crippen molar-refractivity contribution in [3.8, 4) is 5.75 Å². The van der Waals surface area contributed by atoms with Gasteiger partial charge in [0, 0.05) is 11.9 Å². The van der Waals surface area contributed by atoms with Gasteiger partial charge in [0.1, 0.15) is 11.3 Å². The highest BCUT2D eigenvalue weighted by atomic mass is 16.5. The van der Waals surface area contributed by atoms with Crippen molar-refractivity contribution in [2.45, 2.75) is 26.8 Å². The highest BCUT2D eigenvalue weighted by Crippen LogP contribution is 2.25. The monoisotopic (exact) mass is 380 g/mol. The molecule has 28 heavy (non-hydrogen) atoms. The summed E-state index contributed by atoms with van der Waals surface area (Å²) in [5.74, 6) is 0.951. The zero-order valence-electron chi connectivity index (χ0n) is 17.0. The number of ether oxygens (including phenoxy) is 1. The van der Waals surface area contributed by atoms with Crippen molar-refractivity contribution in [3.63, 3.8) is 0 Å². The Morgan fingerprint density at radius 3 is 2.64 bits per heavy atom. The Bertz CT molecular complexity index is 944. The lowest BCUT2D eigenvalue weighted by Crippen LogP contribution is -2.38. The third-order valence-corrected chi connectivity index (χ3v) is 5.08. The van der Waals surface area contributed by atoms with Gasteiger partial charge in [-0.15, -0.1) is 0 Å². The van der Waals surface area contributed by atoms with Crippen molar-refractivity contribution in [2.24, 2.45) is 0 Å². The molecular weight excluding hydrogens is 352 g/mol. The molecule has 0 fully saturated rings. The van der Waals surface area contributed by atoms with E-state index in [0.29, 0.717) is 12.3 Å². The number of rotatable bonds is 8. The van der Waals surface area contributed by atoms with Gasteiger partial charge in [0.05, 0.1) is 13.2 Å². The zero-order valence-corrected chi connectivity index (χ0v) is 17.0. The normalized spacial score (nSPS) is 12.3. The molecule has 0 aliphatic heterocycles. The van der Waals surface area contributed by atoms with E-state index in [1.165, 1.54) is 0 Å². The summed E-state index contributed by atoms with van der Waals surface area (Å²) in [5, 5.41) is 3.99. The average molecular weight is 380 g/mol. The van der Waals surface area contributed by atoms with Gasteiger partial charge < -0.3 is 14.5 Å². The van der Waals surface area contributed by atoms with E-state index in [1.807, 2.05) is 43.3 Å². The third kappa shape index (κ3) is 4.37. The summed E-state index contributed by atoms with van der Waals surface area (Å²) in [6, 6.07) is 15.8. The summed E-state index contributed by atoms with van der Waals surface area (Å²) < 4.78 is 11.1. The second-order valence-electron chi connectivity index (χ2n) is 6.88. The minimum absolute atomic E-state index is 0.0562. The van der Waals surface area contributed by atoms with Gasteiger partial charge in [-0.25, -0.2) is 0 Å². The molecule has 0 aliphatic rings. The summed E-state index contributed by atoms with van der Waals surface area (Å²) in [4.78, 5) is 15.0. The van der Waals surface area contributed by atoms with E-state index in [2.05, 4.69) is 30.1 Å². The minimum atomic E-state index is -0.200. The molecule has 0 bridgehead atoms. The number of hydrogen-bond acceptors (Lipinski definition) is 4. The van der Waals surface area contributed by atoms with E-state index in [-0.39, 0.29) is 11.9 Å². The number of benzene rings is 2. The number of furan rings is 1. The van der Waals surface area contributed by atoms with Gasteiger partial charge in [-0.1, -0.05) is 37.6 Å². The second kappa shape index (κ2) is 8.93. The Balaban J connectivity index is 1.78. The third-order valence-electron chi connectivity index (χ3n) is 5.08. The van der Waals surface area contributed by atoms with E-state index < -0.39 is 0 Å². The predicted molar refractivity (Wildman–Crippen MR) is 112 cm³/mol. The largest absolute Gasteiger partial charge is 0.497 e. The zero-order chi connectivity index (χ0) is 20.1. The van der Waals surface area contributed by atoms with Crippen molar-refractivity contribution in [3.05, 3.63) is 65.4 Å². The molecule has 1 atom stereocenters. The molecule has 1 heterocycles. The SMILES string of the molecule is CCN(CC)C(CNC(=O)c1cc2cc(C)ccc2o1)c1cccc(OC)c1. The van der Waals surface area contributed by atoms with Crippen LogP contribution < -0.4 is 10.1 Å². The van der Waals surface area contributed by atoms with Crippen molar-refractivity contribution >= 4 is 16.9 Å². The summed E-state index contributed by atoms with van der Waals surface area (Å²) >= 11 is 0. The molecule has 1 amide bonds. The first kappa shape index (κ1) is 20.0. The highest BCUT2D eigenvalue weighted by molar-refractivity contribution is 5.96. The van der Waals surface area contributed by atoms with Gasteiger partial charge in [0.25, 0.3) is 5.91 Å². The van der Waals surface area contributed by atoms with Crippen LogP contribution in [-0.2, 0) is 0 Å². The Kier molecular flexibility index (Phi) is 6.37. The fraction of sp³-hybridized carbons (Fsp3) is 0.348. The molecule has 0 saturated carbocycles. The van der Waals surface area contributed by atoms with Crippen LogP contribution in [0.2, 0.25) is 0 Å². The standard InChI is InChI=1S/C23H28N2O3/c1-5-25(6-2)20(17-8-7-9-19(13-17)27-4)15-24-23(26)22-14-18-12-16(3)10-11-21(18)28-22/h7-14,20H,5-6,15H2,1-4H3,(H,24,26). The molecule has 1 unspecified atom stereocenters. The molecule has 148 valence electrons. The van der Waals surface area contributed by atoms with Crippen LogP contribution in [0.1, 0.15) is 41.6 Å². The maximum absolute atomic E-state index is 12.7. The molecule has 2 aromatic carbocycles. The fourth-order valence-electron chi connectivity index (χ4n) is 3.52. The lowest BCUT2D eigenvalue weighted by Gasteiger charge is -2.30. The van der Waals surface area contributed by atoms with E-state index >= 15 is 0 Å². The van der Waals surface area contributed by atoms with Crippen LogP contribution in [0.3, 0.4) is 0 Å². The molecule has 1 N–H and O–H groups in total.